The van der Waals surface area contributed by atoms with Crippen molar-refractivity contribution < 1.29 is 23.4 Å². The zero-order valence-corrected chi connectivity index (χ0v) is 23.4. The summed E-state index contributed by atoms with van der Waals surface area (Å²) in [6.07, 6.45) is 3.81. The molecule has 0 radical (unpaired) electrons. The average molecular weight is 493 g/mol. The highest BCUT2D eigenvalue weighted by Crippen LogP contribution is 2.47. The normalized spacial score (nSPS) is 27.1. The lowest BCUT2D eigenvalue weighted by Crippen LogP contribution is -2.44. The SMILES string of the molecule is CCCCC(N)=Cc1nc(OC)ccc1[C@@H]1O[C@H](CO[Si](C)(C)C(C)(C)C)[C@H]2OC(C)(C)O[C@H]21. The van der Waals surface area contributed by atoms with Gasteiger partial charge in [0.15, 0.2) is 14.1 Å². The Balaban J connectivity index is 1.91. The number of methoxy groups -OCH3 is 1. The van der Waals surface area contributed by atoms with Gasteiger partial charge in [0.2, 0.25) is 5.88 Å². The second-order valence-corrected chi connectivity index (χ2v) is 16.2. The fourth-order valence-corrected chi connectivity index (χ4v) is 5.15. The highest BCUT2D eigenvalue weighted by Gasteiger charge is 2.56. The van der Waals surface area contributed by atoms with Crippen LogP contribution in [0.15, 0.2) is 17.8 Å². The van der Waals surface area contributed by atoms with Crippen LogP contribution in [0.4, 0.5) is 0 Å². The summed E-state index contributed by atoms with van der Waals surface area (Å²) in [6, 6.07) is 3.85. The maximum atomic E-state index is 6.59. The Bertz CT molecular complexity index is 880. The van der Waals surface area contributed by atoms with E-state index in [0.717, 1.165) is 36.2 Å². The molecule has 2 N–H and O–H groups in total. The number of hydrogen-bond acceptors (Lipinski definition) is 7. The van der Waals surface area contributed by atoms with Gasteiger partial charge in [-0.1, -0.05) is 34.1 Å². The predicted octanol–water partition coefficient (Wildman–Crippen LogP) is 5.56. The molecule has 0 unspecified atom stereocenters. The number of hydrogen-bond donors (Lipinski definition) is 1. The number of nitrogens with two attached hydrogens (primary N) is 1. The number of aromatic nitrogens is 1. The average Bonchev–Trinajstić information content (AvgIpc) is 3.23. The maximum Gasteiger partial charge on any atom is 0.213 e. The molecule has 4 atom stereocenters. The fraction of sp³-hybridized carbons (Fsp3) is 0.731. The van der Waals surface area contributed by atoms with E-state index in [9.17, 15) is 0 Å². The van der Waals surface area contributed by atoms with E-state index in [0.29, 0.717) is 12.5 Å². The number of unbranched alkanes of at least 4 members (excludes halogenated alkanes) is 1. The summed E-state index contributed by atoms with van der Waals surface area (Å²) in [4.78, 5) is 4.70. The summed E-state index contributed by atoms with van der Waals surface area (Å²) in [5.41, 5.74) is 8.79. The largest absolute Gasteiger partial charge is 0.481 e. The molecule has 1 aromatic rings. The van der Waals surface area contributed by atoms with Crippen LogP contribution < -0.4 is 10.5 Å². The molecule has 192 valence electrons. The number of nitrogens with zero attached hydrogens (tertiary/aromatic N) is 1. The molecule has 0 aromatic carbocycles. The van der Waals surface area contributed by atoms with Crippen LogP contribution >= 0.6 is 0 Å². The van der Waals surface area contributed by atoms with E-state index in [4.69, 9.17) is 34.1 Å². The second kappa shape index (κ2) is 10.3. The molecule has 0 aliphatic carbocycles. The van der Waals surface area contributed by atoms with Crippen molar-refractivity contribution in [3.05, 3.63) is 29.1 Å². The molecule has 3 rings (SSSR count). The van der Waals surface area contributed by atoms with Gasteiger partial charge in [-0.15, -0.1) is 0 Å². The van der Waals surface area contributed by atoms with Crippen LogP contribution in [0, 0.1) is 0 Å². The van der Waals surface area contributed by atoms with Crippen molar-refractivity contribution in [2.24, 2.45) is 5.73 Å². The van der Waals surface area contributed by atoms with Crippen LogP contribution in [0.2, 0.25) is 18.1 Å². The standard InChI is InChI=1S/C26H44N2O5Si/c1-10-11-12-17(27)15-19-18(13-14-21(28-19)29-7)22-24-23(32-26(5,6)33-24)20(31-22)16-30-34(8,9)25(2,3)4/h13-15,20,22-24H,10-12,16,27H2,1-9H3/t20-,22+,23-,24+/m1/s1. The minimum Gasteiger partial charge on any atom is -0.481 e. The summed E-state index contributed by atoms with van der Waals surface area (Å²) in [5, 5.41) is 0.116. The molecule has 7 nitrogen and oxygen atoms in total. The Labute approximate surface area is 206 Å². The van der Waals surface area contributed by atoms with E-state index < -0.39 is 14.1 Å². The third-order valence-corrected chi connectivity index (χ3v) is 11.7. The van der Waals surface area contributed by atoms with Crippen LogP contribution in [0.5, 0.6) is 5.88 Å². The van der Waals surface area contributed by atoms with Gasteiger partial charge in [-0.25, -0.2) is 4.98 Å². The highest BCUT2D eigenvalue weighted by molar-refractivity contribution is 6.74. The fourth-order valence-electron chi connectivity index (χ4n) is 4.14. The molecule has 0 saturated carbocycles. The van der Waals surface area contributed by atoms with Gasteiger partial charge in [0.25, 0.3) is 0 Å². The van der Waals surface area contributed by atoms with Crippen molar-refractivity contribution in [1.29, 1.82) is 0 Å². The maximum absolute atomic E-state index is 6.59. The zero-order valence-electron chi connectivity index (χ0n) is 22.4. The van der Waals surface area contributed by atoms with E-state index in [1.54, 1.807) is 7.11 Å². The number of rotatable bonds is 9. The minimum absolute atomic E-state index is 0.116. The lowest BCUT2D eigenvalue weighted by molar-refractivity contribution is -0.190. The number of pyridine rings is 1. The summed E-state index contributed by atoms with van der Waals surface area (Å²) in [6.45, 7) is 17.7. The Morgan fingerprint density at radius 1 is 1.21 bits per heavy atom. The Morgan fingerprint density at radius 2 is 1.88 bits per heavy atom. The molecule has 2 aliphatic heterocycles. The van der Waals surface area contributed by atoms with Crippen LogP contribution in [-0.2, 0) is 18.6 Å². The molecule has 3 heterocycles. The first kappa shape index (κ1) is 27.1. The quantitative estimate of drug-likeness (QED) is 0.452. The topological polar surface area (TPSA) is 85.1 Å². The molecule has 0 amide bonds. The van der Waals surface area contributed by atoms with E-state index in [1.165, 1.54) is 0 Å². The van der Waals surface area contributed by atoms with Crippen molar-refractivity contribution in [3.63, 3.8) is 0 Å². The van der Waals surface area contributed by atoms with Gasteiger partial charge in [0, 0.05) is 17.3 Å². The lowest BCUT2D eigenvalue weighted by Gasteiger charge is -2.37. The van der Waals surface area contributed by atoms with E-state index in [1.807, 2.05) is 32.1 Å². The van der Waals surface area contributed by atoms with E-state index in [-0.39, 0.29) is 29.5 Å². The Morgan fingerprint density at radius 3 is 2.50 bits per heavy atom. The third kappa shape index (κ3) is 6.02. The third-order valence-electron chi connectivity index (χ3n) is 7.15. The van der Waals surface area contributed by atoms with Crippen molar-refractivity contribution in [1.82, 2.24) is 4.98 Å². The first-order valence-electron chi connectivity index (χ1n) is 12.4. The van der Waals surface area contributed by atoms with Gasteiger partial charge in [0.05, 0.1) is 19.4 Å². The summed E-state index contributed by atoms with van der Waals surface area (Å²) in [7, 11) is -0.329. The van der Waals surface area contributed by atoms with Gasteiger partial charge in [0.1, 0.15) is 24.4 Å². The molecular formula is C26H44N2O5Si. The number of ether oxygens (including phenoxy) is 4. The van der Waals surface area contributed by atoms with Crippen LogP contribution in [0.1, 0.15) is 78.2 Å². The molecular weight excluding hydrogens is 448 g/mol. The van der Waals surface area contributed by atoms with Gasteiger partial charge in [-0.05, 0) is 57.0 Å². The van der Waals surface area contributed by atoms with Crippen LogP contribution in [-0.4, -0.2) is 51.1 Å². The van der Waals surface area contributed by atoms with Gasteiger partial charge in [-0.3, -0.25) is 0 Å². The predicted molar refractivity (Wildman–Crippen MR) is 137 cm³/mol. The van der Waals surface area contributed by atoms with Crippen molar-refractivity contribution in [2.45, 2.75) is 109 Å². The molecule has 34 heavy (non-hydrogen) atoms. The molecule has 2 aliphatic rings. The van der Waals surface area contributed by atoms with E-state index in [2.05, 4.69) is 40.8 Å². The highest BCUT2D eigenvalue weighted by atomic mass is 28.4. The monoisotopic (exact) mass is 492 g/mol. The molecule has 2 fully saturated rings. The van der Waals surface area contributed by atoms with Crippen molar-refractivity contribution >= 4 is 14.4 Å². The van der Waals surface area contributed by atoms with Gasteiger partial charge in [-0.2, -0.15) is 0 Å². The first-order valence-corrected chi connectivity index (χ1v) is 15.3. The molecule has 1 aromatic heterocycles. The smallest absolute Gasteiger partial charge is 0.213 e. The van der Waals surface area contributed by atoms with Gasteiger partial charge < -0.3 is 29.1 Å². The summed E-state index contributed by atoms with van der Waals surface area (Å²) < 4.78 is 31.2. The minimum atomic E-state index is -1.94. The van der Waals surface area contributed by atoms with Crippen LogP contribution in [0.3, 0.4) is 0 Å². The van der Waals surface area contributed by atoms with Gasteiger partial charge >= 0.3 is 0 Å². The zero-order chi connectivity index (χ0) is 25.3. The van der Waals surface area contributed by atoms with E-state index >= 15 is 0 Å². The van der Waals surface area contributed by atoms with Crippen LogP contribution in [0.25, 0.3) is 6.08 Å². The second-order valence-electron chi connectivity index (χ2n) is 11.4. The van der Waals surface area contributed by atoms with Crippen molar-refractivity contribution in [3.8, 4) is 5.88 Å². The number of allylic oxidation sites excluding steroid dienone is 1. The lowest BCUT2D eigenvalue weighted by atomic mass is 9.99. The Kier molecular flexibility index (Phi) is 8.19. The molecule has 0 bridgehead atoms. The Hall–Kier alpha value is -1.45. The molecule has 8 heteroatoms. The molecule has 0 spiro atoms. The van der Waals surface area contributed by atoms with Crippen molar-refractivity contribution in [2.75, 3.05) is 13.7 Å². The first-order chi connectivity index (χ1) is 15.8. The summed E-state index contributed by atoms with van der Waals surface area (Å²) in [5.74, 6) is -0.155. The number of fused-ring (bicyclic) bond motifs is 1. The molecule has 2 saturated heterocycles. The summed E-state index contributed by atoms with van der Waals surface area (Å²) >= 11 is 0.